The van der Waals surface area contributed by atoms with Crippen molar-refractivity contribution in [1.82, 2.24) is 0 Å². The summed E-state index contributed by atoms with van der Waals surface area (Å²) in [5, 5.41) is 1.22. The van der Waals surface area contributed by atoms with Gasteiger partial charge in [-0.05, 0) is 18.9 Å². The summed E-state index contributed by atoms with van der Waals surface area (Å²) in [4.78, 5) is 0. The van der Waals surface area contributed by atoms with E-state index in [1.807, 2.05) is 18.2 Å². The summed E-state index contributed by atoms with van der Waals surface area (Å²) >= 11 is 18.3. The molecule has 0 bridgehead atoms. The Labute approximate surface area is 101 Å². The summed E-state index contributed by atoms with van der Waals surface area (Å²) in [6, 6.07) is 10.1. The molecule has 1 atom stereocenters. The molecule has 1 rings (SSSR count). The number of hydrogen-bond acceptors (Lipinski definition) is 0. The van der Waals surface area contributed by atoms with Crippen LogP contribution in [-0.4, -0.2) is 11.8 Å². The van der Waals surface area contributed by atoms with Gasteiger partial charge >= 0.3 is 5.67 Å². The summed E-state index contributed by atoms with van der Waals surface area (Å²) in [7, 11) is -0.562. The van der Waals surface area contributed by atoms with Crippen molar-refractivity contribution in [3.05, 3.63) is 30.3 Å². The van der Waals surface area contributed by atoms with Gasteiger partial charge in [-0.1, -0.05) is 43.7 Å². The highest BCUT2D eigenvalue weighted by molar-refractivity contribution is 8.21. The average Bonchev–Trinajstić information content (AvgIpc) is 2.14. The van der Waals surface area contributed by atoms with Crippen molar-refractivity contribution in [2.75, 3.05) is 6.16 Å². The summed E-state index contributed by atoms with van der Waals surface area (Å²) in [6.07, 6.45) is 2.09. The Morgan fingerprint density at radius 2 is 1.71 bits per heavy atom. The smallest absolute Gasteiger partial charge is 0.121 e. The van der Waals surface area contributed by atoms with E-state index in [-0.39, 0.29) is 0 Å². The Bertz CT molecular complexity index is 273. The number of hydrogen-bond donors (Lipinski definition) is 0. The second-order valence-electron chi connectivity index (χ2n) is 2.96. The van der Waals surface area contributed by atoms with Crippen LogP contribution >= 0.6 is 40.7 Å². The van der Waals surface area contributed by atoms with Crippen LogP contribution < -0.4 is 5.30 Å². The molecule has 0 aliphatic heterocycles. The van der Waals surface area contributed by atoms with Crippen LogP contribution in [0, 0.1) is 0 Å². The third-order valence-corrected chi connectivity index (χ3v) is 13.0. The van der Waals surface area contributed by atoms with Crippen molar-refractivity contribution < 1.29 is 0 Å². The van der Waals surface area contributed by atoms with Crippen molar-refractivity contribution >= 4 is 51.7 Å². The van der Waals surface area contributed by atoms with E-state index >= 15 is 0 Å². The zero-order valence-corrected chi connectivity index (χ0v) is 12.0. The van der Waals surface area contributed by atoms with Gasteiger partial charge in [0.2, 0.25) is 0 Å². The molecule has 78 valence electrons. The first-order valence-electron chi connectivity index (χ1n) is 4.45. The molecule has 0 aliphatic carbocycles. The van der Waals surface area contributed by atoms with E-state index in [0.29, 0.717) is 0 Å². The first-order valence-corrected chi connectivity index (χ1v) is 11.9. The highest BCUT2D eigenvalue weighted by Crippen LogP contribution is 2.53. The zero-order valence-electron chi connectivity index (χ0n) is 7.88. The lowest BCUT2D eigenvalue weighted by Crippen LogP contribution is -2.18. The van der Waals surface area contributed by atoms with Gasteiger partial charge in [0, 0.05) is 0 Å². The maximum absolute atomic E-state index is 6.11. The highest BCUT2D eigenvalue weighted by atomic mass is 35.9. The average molecular weight is 286 g/mol. The number of halogens is 3. The SMILES string of the molecule is CCCP(c1ccccc1)[Si](Cl)(Cl)Cl. The molecule has 0 heterocycles. The first kappa shape index (κ1) is 12.8. The fourth-order valence-corrected chi connectivity index (χ4v) is 10.7. The third kappa shape index (κ3) is 3.71. The van der Waals surface area contributed by atoms with Crippen LogP contribution in [0.3, 0.4) is 0 Å². The van der Waals surface area contributed by atoms with E-state index in [1.54, 1.807) is 0 Å². The van der Waals surface area contributed by atoms with Crippen LogP contribution in [0.5, 0.6) is 0 Å². The molecular formula is C9H12Cl3PSi. The molecule has 1 aromatic rings. The predicted octanol–water partition coefficient (Wildman–Crippen LogP) is 4.36. The quantitative estimate of drug-likeness (QED) is 0.438. The zero-order chi connectivity index (χ0) is 10.6. The van der Waals surface area contributed by atoms with Crippen LogP contribution in [0.15, 0.2) is 30.3 Å². The van der Waals surface area contributed by atoms with E-state index in [0.717, 1.165) is 12.6 Å². The van der Waals surface area contributed by atoms with Gasteiger partial charge in [-0.2, -0.15) is 0 Å². The van der Waals surface area contributed by atoms with Crippen LogP contribution in [0.25, 0.3) is 0 Å². The standard InChI is InChI=1S/C9H12Cl3PSi/c1-2-8-13(14(10,11)12)9-6-4-3-5-7-9/h3-7H,2,8H2,1H3. The van der Waals surface area contributed by atoms with Crippen LogP contribution in [-0.2, 0) is 0 Å². The molecule has 0 nitrogen and oxygen atoms in total. The minimum absolute atomic E-state index is 0.562. The molecule has 1 aromatic carbocycles. The second kappa shape index (κ2) is 5.72. The summed E-state index contributed by atoms with van der Waals surface area (Å²) < 4.78 is 0. The molecule has 0 aromatic heterocycles. The highest BCUT2D eigenvalue weighted by Gasteiger charge is 2.36. The first-order chi connectivity index (χ1) is 6.55. The Balaban J connectivity index is 2.89. The molecule has 0 N–H and O–H groups in total. The molecule has 0 amide bonds. The summed E-state index contributed by atoms with van der Waals surface area (Å²) in [5.74, 6) is 0. The summed E-state index contributed by atoms with van der Waals surface area (Å²) in [5.41, 5.74) is -2.57. The van der Waals surface area contributed by atoms with Crippen LogP contribution in [0.2, 0.25) is 0 Å². The van der Waals surface area contributed by atoms with Crippen molar-refractivity contribution in [2.45, 2.75) is 13.3 Å². The van der Waals surface area contributed by atoms with Gasteiger partial charge in [0.05, 0.1) is 0 Å². The molecular weight excluding hydrogens is 274 g/mol. The van der Waals surface area contributed by atoms with Gasteiger partial charge in [-0.25, -0.2) is 0 Å². The molecule has 14 heavy (non-hydrogen) atoms. The molecule has 5 heteroatoms. The molecule has 0 aliphatic rings. The monoisotopic (exact) mass is 284 g/mol. The molecule has 0 fully saturated rings. The van der Waals surface area contributed by atoms with Crippen molar-refractivity contribution in [3.63, 3.8) is 0 Å². The number of benzene rings is 1. The Kier molecular flexibility index (Phi) is 5.23. The maximum atomic E-state index is 6.11. The van der Waals surface area contributed by atoms with Crippen molar-refractivity contribution in [1.29, 1.82) is 0 Å². The largest absolute Gasteiger partial charge is 0.370 e. The normalized spacial score (nSPS) is 14.0. The Morgan fingerprint density at radius 1 is 1.14 bits per heavy atom. The fraction of sp³-hybridized carbons (Fsp3) is 0.333. The van der Waals surface area contributed by atoms with E-state index in [4.69, 9.17) is 33.2 Å². The topological polar surface area (TPSA) is 0 Å². The van der Waals surface area contributed by atoms with E-state index in [1.165, 1.54) is 5.30 Å². The lowest BCUT2D eigenvalue weighted by Gasteiger charge is -2.22. The molecule has 0 spiro atoms. The molecule has 1 unspecified atom stereocenters. The maximum Gasteiger partial charge on any atom is 0.370 e. The Morgan fingerprint density at radius 3 is 2.14 bits per heavy atom. The lowest BCUT2D eigenvalue weighted by atomic mass is 10.4. The van der Waals surface area contributed by atoms with Gasteiger partial charge < -0.3 is 0 Å². The van der Waals surface area contributed by atoms with Gasteiger partial charge in [-0.3, -0.25) is 0 Å². The minimum Gasteiger partial charge on any atom is -0.121 e. The summed E-state index contributed by atoms with van der Waals surface area (Å²) in [6.45, 7) is 2.13. The molecule has 0 saturated heterocycles. The van der Waals surface area contributed by atoms with E-state index in [2.05, 4.69) is 19.1 Å². The fourth-order valence-electron chi connectivity index (χ4n) is 1.23. The van der Waals surface area contributed by atoms with Crippen LogP contribution in [0.1, 0.15) is 13.3 Å². The predicted molar refractivity (Wildman–Crippen MR) is 71.5 cm³/mol. The van der Waals surface area contributed by atoms with E-state index in [9.17, 15) is 0 Å². The van der Waals surface area contributed by atoms with Gasteiger partial charge in [-0.15, -0.1) is 33.2 Å². The van der Waals surface area contributed by atoms with E-state index < -0.39 is 13.1 Å². The van der Waals surface area contributed by atoms with Gasteiger partial charge in [0.15, 0.2) is 0 Å². The second-order valence-corrected chi connectivity index (χ2v) is 18.6. The Hall–Kier alpha value is 0.737. The minimum atomic E-state index is -2.57. The van der Waals surface area contributed by atoms with Gasteiger partial charge in [0.1, 0.15) is 0 Å². The van der Waals surface area contributed by atoms with Crippen LogP contribution in [0.4, 0.5) is 0 Å². The number of rotatable bonds is 4. The van der Waals surface area contributed by atoms with Crippen molar-refractivity contribution in [3.8, 4) is 0 Å². The van der Waals surface area contributed by atoms with Crippen molar-refractivity contribution in [2.24, 2.45) is 0 Å². The molecule has 0 radical (unpaired) electrons. The van der Waals surface area contributed by atoms with Gasteiger partial charge in [0.25, 0.3) is 0 Å². The lowest BCUT2D eigenvalue weighted by molar-refractivity contribution is 1.10. The third-order valence-electron chi connectivity index (χ3n) is 1.82. The molecule has 0 saturated carbocycles.